The first-order valence-electron chi connectivity index (χ1n) is 7.93. The van der Waals surface area contributed by atoms with Gasteiger partial charge in [-0.1, -0.05) is 43.0 Å². The number of sulfonamides is 2. The zero-order chi connectivity index (χ0) is 17.8. The van der Waals surface area contributed by atoms with Crippen molar-refractivity contribution in [2.24, 2.45) is 0 Å². The molecule has 0 unspecified atom stereocenters. The van der Waals surface area contributed by atoms with Crippen LogP contribution in [-0.2, 0) is 20.0 Å². The quantitative estimate of drug-likeness (QED) is 0.768. The van der Waals surface area contributed by atoms with Gasteiger partial charge in [0.05, 0.1) is 11.3 Å². The summed E-state index contributed by atoms with van der Waals surface area (Å²) in [7, 11) is -7.15. The van der Waals surface area contributed by atoms with Crippen LogP contribution in [0.5, 0.6) is 0 Å². The maximum absolute atomic E-state index is 12.3. The van der Waals surface area contributed by atoms with Crippen LogP contribution in [0.1, 0.15) is 32.1 Å². The Morgan fingerprint density at radius 1 is 1.12 bits per heavy atom. The second-order valence-corrected chi connectivity index (χ2v) is 10.1. The molecule has 0 spiro atoms. The van der Waals surface area contributed by atoms with Gasteiger partial charge in [0.25, 0.3) is 0 Å². The highest BCUT2D eigenvalue weighted by molar-refractivity contribution is 7.89. The second kappa shape index (κ2) is 8.14. The average Bonchev–Trinajstić information content (AvgIpc) is 2.51. The van der Waals surface area contributed by atoms with Crippen molar-refractivity contribution in [3.05, 3.63) is 29.3 Å². The second-order valence-electron chi connectivity index (χ2n) is 5.99. The lowest BCUT2D eigenvalue weighted by molar-refractivity contribution is 0.257. The van der Waals surface area contributed by atoms with Crippen LogP contribution in [0.25, 0.3) is 0 Å². The summed E-state index contributed by atoms with van der Waals surface area (Å²) in [5.74, 6) is 0. The number of nitrogens with one attached hydrogen (secondary N) is 1. The van der Waals surface area contributed by atoms with E-state index in [1.807, 2.05) is 0 Å². The van der Waals surface area contributed by atoms with Gasteiger partial charge in [0.1, 0.15) is 4.90 Å². The van der Waals surface area contributed by atoms with Gasteiger partial charge in [0, 0.05) is 19.1 Å². The SMILES string of the molecule is CS(=O)(=O)N(CCNS(=O)(=O)c1ccccc1Cl)C1CCCCC1. The number of benzene rings is 1. The van der Waals surface area contributed by atoms with Crippen molar-refractivity contribution in [3.63, 3.8) is 0 Å². The third-order valence-corrected chi connectivity index (χ3v) is 7.45. The smallest absolute Gasteiger partial charge is 0.212 e. The predicted molar refractivity (Wildman–Crippen MR) is 95.1 cm³/mol. The van der Waals surface area contributed by atoms with Crippen LogP contribution in [0.4, 0.5) is 0 Å². The number of hydrogen-bond donors (Lipinski definition) is 1. The van der Waals surface area contributed by atoms with Crippen molar-refractivity contribution in [1.29, 1.82) is 0 Å². The molecule has 1 aliphatic rings. The molecule has 136 valence electrons. The third kappa shape index (κ3) is 5.16. The molecule has 0 aliphatic heterocycles. The molecule has 24 heavy (non-hydrogen) atoms. The van der Waals surface area contributed by atoms with Gasteiger partial charge in [-0.15, -0.1) is 0 Å². The topological polar surface area (TPSA) is 83.6 Å². The van der Waals surface area contributed by atoms with Gasteiger partial charge in [-0.05, 0) is 25.0 Å². The molecule has 1 aliphatic carbocycles. The lowest BCUT2D eigenvalue weighted by Crippen LogP contribution is -2.45. The molecule has 0 bridgehead atoms. The van der Waals surface area contributed by atoms with Gasteiger partial charge in [-0.3, -0.25) is 0 Å². The molecular formula is C15H23ClN2O4S2. The highest BCUT2D eigenvalue weighted by Crippen LogP contribution is 2.24. The summed E-state index contributed by atoms with van der Waals surface area (Å²) < 4.78 is 52.5. The lowest BCUT2D eigenvalue weighted by Gasteiger charge is -2.32. The van der Waals surface area contributed by atoms with E-state index in [0.717, 1.165) is 32.1 Å². The molecule has 9 heteroatoms. The van der Waals surface area contributed by atoms with Gasteiger partial charge in [-0.2, -0.15) is 4.31 Å². The first-order chi connectivity index (χ1) is 11.2. The normalized spacial score (nSPS) is 17.3. The molecule has 2 rings (SSSR count). The van der Waals surface area contributed by atoms with Crippen LogP contribution in [0.2, 0.25) is 5.02 Å². The van der Waals surface area contributed by atoms with E-state index in [1.54, 1.807) is 12.1 Å². The summed E-state index contributed by atoms with van der Waals surface area (Å²) in [5.41, 5.74) is 0. The van der Waals surface area contributed by atoms with Crippen LogP contribution < -0.4 is 4.72 Å². The zero-order valence-electron chi connectivity index (χ0n) is 13.6. The van der Waals surface area contributed by atoms with Crippen molar-refractivity contribution >= 4 is 31.6 Å². The van der Waals surface area contributed by atoms with Gasteiger partial charge in [-0.25, -0.2) is 21.6 Å². The molecule has 1 saturated carbocycles. The van der Waals surface area contributed by atoms with Crippen molar-refractivity contribution in [2.75, 3.05) is 19.3 Å². The summed E-state index contributed by atoms with van der Waals surface area (Å²) in [6.45, 7) is 0.129. The van der Waals surface area contributed by atoms with E-state index in [0.29, 0.717) is 0 Å². The van der Waals surface area contributed by atoms with E-state index < -0.39 is 20.0 Å². The Morgan fingerprint density at radius 3 is 2.33 bits per heavy atom. The van der Waals surface area contributed by atoms with Crippen molar-refractivity contribution in [3.8, 4) is 0 Å². The highest BCUT2D eigenvalue weighted by atomic mass is 35.5. The number of rotatable bonds is 7. The number of halogens is 1. The van der Waals surface area contributed by atoms with E-state index in [9.17, 15) is 16.8 Å². The third-order valence-electron chi connectivity index (χ3n) is 4.16. The molecule has 6 nitrogen and oxygen atoms in total. The Hall–Kier alpha value is -0.670. The maximum Gasteiger partial charge on any atom is 0.242 e. The molecule has 0 amide bonds. The predicted octanol–water partition coefficient (Wildman–Crippen LogP) is 2.21. The Labute approximate surface area is 149 Å². The summed E-state index contributed by atoms with van der Waals surface area (Å²) in [6, 6.07) is 6.11. The van der Waals surface area contributed by atoms with E-state index in [1.165, 1.54) is 22.7 Å². The van der Waals surface area contributed by atoms with E-state index in [2.05, 4.69) is 4.72 Å². The van der Waals surface area contributed by atoms with E-state index >= 15 is 0 Å². The molecule has 1 fully saturated rings. The largest absolute Gasteiger partial charge is 0.242 e. The Morgan fingerprint density at radius 2 is 1.75 bits per heavy atom. The van der Waals surface area contributed by atoms with Crippen molar-refractivity contribution in [1.82, 2.24) is 9.03 Å². The fourth-order valence-electron chi connectivity index (χ4n) is 3.02. The lowest BCUT2D eigenvalue weighted by atomic mass is 9.95. The van der Waals surface area contributed by atoms with E-state index in [4.69, 9.17) is 11.6 Å². The monoisotopic (exact) mass is 394 g/mol. The standard InChI is InChI=1S/C15H23ClN2O4S2/c1-23(19,20)18(13-7-3-2-4-8-13)12-11-17-24(21,22)15-10-6-5-9-14(15)16/h5-6,9-10,13,17H,2-4,7-8,11-12H2,1H3. The van der Waals surface area contributed by atoms with Crippen LogP contribution in [0, 0.1) is 0 Å². The van der Waals surface area contributed by atoms with Crippen LogP contribution >= 0.6 is 11.6 Å². The van der Waals surface area contributed by atoms with E-state index in [-0.39, 0.29) is 29.0 Å². The zero-order valence-corrected chi connectivity index (χ0v) is 16.0. The summed E-state index contributed by atoms with van der Waals surface area (Å²) in [5, 5.41) is 0.136. The number of hydrogen-bond acceptors (Lipinski definition) is 4. The molecular weight excluding hydrogens is 372 g/mol. The van der Waals surface area contributed by atoms with Crippen LogP contribution in [-0.4, -0.2) is 46.5 Å². The molecule has 0 aromatic heterocycles. The van der Waals surface area contributed by atoms with Crippen molar-refractivity contribution in [2.45, 2.75) is 43.0 Å². The fraction of sp³-hybridized carbons (Fsp3) is 0.600. The minimum atomic E-state index is -3.77. The van der Waals surface area contributed by atoms with Gasteiger partial charge in [0.2, 0.25) is 20.0 Å². The molecule has 0 atom stereocenters. The Kier molecular flexibility index (Phi) is 6.66. The van der Waals surface area contributed by atoms with Crippen molar-refractivity contribution < 1.29 is 16.8 Å². The molecule has 0 radical (unpaired) electrons. The first kappa shape index (κ1) is 19.7. The number of nitrogens with zero attached hydrogens (tertiary/aromatic N) is 1. The molecule has 1 aromatic rings. The minimum Gasteiger partial charge on any atom is -0.212 e. The van der Waals surface area contributed by atoms with Gasteiger partial charge >= 0.3 is 0 Å². The molecule has 1 aromatic carbocycles. The maximum atomic E-state index is 12.3. The molecule has 0 saturated heterocycles. The Bertz CT molecular complexity index is 759. The fourth-order valence-corrected chi connectivity index (χ4v) is 5.73. The first-order valence-corrected chi connectivity index (χ1v) is 11.6. The minimum absolute atomic E-state index is 0.00441. The summed E-state index contributed by atoms with van der Waals surface area (Å²) >= 11 is 5.92. The summed E-state index contributed by atoms with van der Waals surface area (Å²) in [4.78, 5) is -0.00441. The van der Waals surface area contributed by atoms with Crippen LogP contribution in [0.3, 0.4) is 0 Å². The molecule has 1 N–H and O–H groups in total. The van der Waals surface area contributed by atoms with Crippen LogP contribution in [0.15, 0.2) is 29.2 Å². The molecule has 0 heterocycles. The highest BCUT2D eigenvalue weighted by Gasteiger charge is 2.28. The summed E-state index contributed by atoms with van der Waals surface area (Å²) in [6.07, 6.45) is 5.94. The van der Waals surface area contributed by atoms with Gasteiger partial charge < -0.3 is 0 Å². The van der Waals surface area contributed by atoms with Gasteiger partial charge in [0.15, 0.2) is 0 Å². The average molecular weight is 395 g/mol. The Balaban J connectivity index is 2.03.